The van der Waals surface area contributed by atoms with Gasteiger partial charge in [-0.25, -0.2) is 22.0 Å². The number of hydrogen-bond donors (Lipinski definition) is 2. The summed E-state index contributed by atoms with van der Waals surface area (Å²) in [6.45, 7) is 3.09. The van der Waals surface area contributed by atoms with Gasteiger partial charge in [0.05, 0.1) is 5.69 Å². The molecule has 3 N–H and O–H groups in total. The smallest absolute Gasteiger partial charge is 0.282 e. The first kappa shape index (κ1) is 18.9. The Bertz CT molecular complexity index is 797. The molecule has 0 fully saturated rings. The largest absolute Gasteiger partial charge is 0.330 e. The molecular formula is C17H16F5N2O+. The topological polar surface area (TPSA) is 45.7 Å². The fourth-order valence-corrected chi connectivity index (χ4v) is 2.36. The highest BCUT2D eigenvalue weighted by Crippen LogP contribution is 2.20. The zero-order chi connectivity index (χ0) is 18.7. The normalized spacial score (nSPS) is 13.4. The minimum atomic E-state index is -1.68. The van der Waals surface area contributed by atoms with Gasteiger partial charge in [0.2, 0.25) is 0 Å². The van der Waals surface area contributed by atoms with E-state index in [9.17, 15) is 26.7 Å². The van der Waals surface area contributed by atoms with Crippen LogP contribution in [-0.2, 0) is 4.79 Å². The first-order valence-corrected chi connectivity index (χ1v) is 7.45. The van der Waals surface area contributed by atoms with E-state index >= 15 is 0 Å². The molecule has 2 aromatic rings. The summed E-state index contributed by atoms with van der Waals surface area (Å²) in [5.74, 6) is -6.69. The number of carbonyl (C=O) groups is 1. The van der Waals surface area contributed by atoms with Crippen LogP contribution < -0.4 is 10.6 Å². The van der Waals surface area contributed by atoms with Gasteiger partial charge >= 0.3 is 0 Å². The molecule has 0 aromatic heterocycles. The molecule has 0 aliphatic heterocycles. The molecule has 0 saturated carbocycles. The van der Waals surface area contributed by atoms with Crippen molar-refractivity contribution in [1.29, 1.82) is 0 Å². The summed E-state index contributed by atoms with van der Waals surface area (Å²) in [5.41, 5.74) is -0.301. The van der Waals surface area contributed by atoms with Crippen LogP contribution in [0.4, 0.5) is 27.6 Å². The average Bonchev–Trinajstić information content (AvgIpc) is 2.55. The number of nitrogens with one attached hydrogen (secondary N) is 1. The van der Waals surface area contributed by atoms with E-state index in [0.717, 1.165) is 18.2 Å². The van der Waals surface area contributed by atoms with Gasteiger partial charge in [0.25, 0.3) is 5.91 Å². The Morgan fingerprint density at radius 2 is 1.64 bits per heavy atom. The van der Waals surface area contributed by atoms with Gasteiger partial charge in [-0.1, -0.05) is 0 Å². The van der Waals surface area contributed by atoms with E-state index in [1.807, 2.05) is 0 Å². The second-order valence-electron chi connectivity index (χ2n) is 5.65. The molecule has 0 aliphatic rings. The second-order valence-corrected chi connectivity index (χ2v) is 5.65. The van der Waals surface area contributed by atoms with Gasteiger partial charge < -0.3 is 10.6 Å². The van der Waals surface area contributed by atoms with Crippen molar-refractivity contribution in [1.82, 2.24) is 0 Å². The maximum absolute atomic E-state index is 13.7. The Kier molecular flexibility index (Phi) is 5.73. The maximum atomic E-state index is 13.7. The third-order valence-electron chi connectivity index (χ3n) is 3.74. The van der Waals surface area contributed by atoms with Crippen molar-refractivity contribution in [2.75, 3.05) is 5.32 Å². The molecule has 0 heterocycles. The highest BCUT2D eigenvalue weighted by Gasteiger charge is 2.24. The Morgan fingerprint density at radius 3 is 2.28 bits per heavy atom. The lowest BCUT2D eigenvalue weighted by Gasteiger charge is -2.17. The van der Waals surface area contributed by atoms with Crippen molar-refractivity contribution in [2.45, 2.75) is 25.9 Å². The lowest BCUT2D eigenvalue weighted by molar-refractivity contribution is -0.710. The van der Waals surface area contributed by atoms with Crippen LogP contribution in [0.3, 0.4) is 0 Å². The Balaban J connectivity index is 2.06. The van der Waals surface area contributed by atoms with Crippen LogP contribution in [0.15, 0.2) is 30.3 Å². The quantitative estimate of drug-likeness (QED) is 0.626. The summed E-state index contributed by atoms with van der Waals surface area (Å²) in [7, 11) is 0. The fourth-order valence-electron chi connectivity index (χ4n) is 2.36. The summed E-state index contributed by atoms with van der Waals surface area (Å²) in [4.78, 5) is 12.1. The third-order valence-corrected chi connectivity index (χ3v) is 3.74. The van der Waals surface area contributed by atoms with Crippen molar-refractivity contribution in [3.05, 3.63) is 65.0 Å². The third kappa shape index (κ3) is 4.33. The molecule has 134 valence electrons. The second kappa shape index (κ2) is 7.60. The van der Waals surface area contributed by atoms with Crippen molar-refractivity contribution in [2.24, 2.45) is 0 Å². The van der Waals surface area contributed by atoms with Gasteiger partial charge in [0.15, 0.2) is 23.5 Å². The standard InChI is InChI=1S/C17H15F5N2O/c1-8(11-4-3-10(18)7-13(11)20)23-9(2)17(25)24-14-6-5-12(19)15(21)16(14)22/h3-9,23H,1-2H3,(H,24,25)/p+1/t8-,9-/m1/s1. The van der Waals surface area contributed by atoms with E-state index in [0.29, 0.717) is 6.07 Å². The van der Waals surface area contributed by atoms with Crippen molar-refractivity contribution >= 4 is 11.6 Å². The summed E-state index contributed by atoms with van der Waals surface area (Å²) >= 11 is 0. The number of rotatable bonds is 5. The molecule has 0 spiro atoms. The molecule has 25 heavy (non-hydrogen) atoms. The predicted molar refractivity (Wildman–Crippen MR) is 81.1 cm³/mol. The van der Waals surface area contributed by atoms with Crippen LogP contribution in [0.2, 0.25) is 0 Å². The average molecular weight is 359 g/mol. The SMILES string of the molecule is C[C@@H]([NH2+][C@H](C)c1ccc(F)cc1F)C(=O)Nc1ccc(F)c(F)c1F. The molecule has 1 amide bonds. The molecule has 2 aromatic carbocycles. The number of amides is 1. The molecule has 0 radical (unpaired) electrons. The minimum Gasteiger partial charge on any atom is -0.330 e. The van der Waals surface area contributed by atoms with Gasteiger partial charge in [0, 0.05) is 11.6 Å². The minimum absolute atomic E-state index is 0.194. The van der Waals surface area contributed by atoms with E-state index in [2.05, 4.69) is 5.32 Å². The van der Waals surface area contributed by atoms with Crippen LogP contribution >= 0.6 is 0 Å². The summed E-state index contributed by atoms with van der Waals surface area (Å²) in [6, 6.07) is 3.37. The number of quaternary nitrogens is 1. The molecular weight excluding hydrogens is 343 g/mol. The zero-order valence-corrected chi connectivity index (χ0v) is 13.4. The number of nitrogens with two attached hydrogens (primary N) is 1. The zero-order valence-electron chi connectivity index (χ0n) is 13.4. The Morgan fingerprint density at radius 1 is 0.960 bits per heavy atom. The van der Waals surface area contributed by atoms with E-state index in [4.69, 9.17) is 0 Å². The monoisotopic (exact) mass is 359 g/mol. The van der Waals surface area contributed by atoms with Gasteiger partial charge in [-0.3, -0.25) is 4.79 Å². The van der Waals surface area contributed by atoms with Crippen LogP contribution in [0, 0.1) is 29.1 Å². The molecule has 0 aliphatic carbocycles. The van der Waals surface area contributed by atoms with E-state index in [1.54, 1.807) is 6.92 Å². The summed E-state index contributed by atoms with van der Waals surface area (Å²) in [5, 5.41) is 3.63. The molecule has 8 heteroatoms. The number of benzene rings is 2. The summed E-state index contributed by atoms with van der Waals surface area (Å²) in [6.07, 6.45) is 0. The lowest BCUT2D eigenvalue weighted by Crippen LogP contribution is -2.91. The van der Waals surface area contributed by atoms with Gasteiger partial charge in [0.1, 0.15) is 17.7 Å². The fraction of sp³-hybridized carbons (Fsp3) is 0.235. The van der Waals surface area contributed by atoms with Crippen molar-refractivity contribution < 1.29 is 32.1 Å². The van der Waals surface area contributed by atoms with Crippen molar-refractivity contribution in [3.8, 4) is 0 Å². The first-order valence-electron chi connectivity index (χ1n) is 7.45. The van der Waals surface area contributed by atoms with Crippen molar-refractivity contribution in [3.63, 3.8) is 0 Å². The van der Waals surface area contributed by atoms with Crippen LogP contribution in [0.5, 0.6) is 0 Å². The summed E-state index contributed by atoms with van der Waals surface area (Å²) < 4.78 is 66.3. The van der Waals surface area contributed by atoms with Gasteiger partial charge in [-0.15, -0.1) is 0 Å². The first-order chi connectivity index (χ1) is 11.7. The van der Waals surface area contributed by atoms with E-state index in [-0.39, 0.29) is 5.56 Å². The molecule has 0 unspecified atom stereocenters. The molecule has 0 saturated heterocycles. The molecule has 2 atom stereocenters. The highest BCUT2D eigenvalue weighted by atomic mass is 19.2. The maximum Gasteiger partial charge on any atom is 0.282 e. The van der Waals surface area contributed by atoms with E-state index < -0.39 is 52.8 Å². The van der Waals surface area contributed by atoms with Gasteiger partial charge in [-0.05, 0) is 38.1 Å². The van der Waals surface area contributed by atoms with Gasteiger partial charge in [-0.2, -0.15) is 0 Å². The lowest BCUT2D eigenvalue weighted by atomic mass is 10.1. The van der Waals surface area contributed by atoms with E-state index in [1.165, 1.54) is 18.3 Å². The van der Waals surface area contributed by atoms with Crippen LogP contribution in [0.1, 0.15) is 25.5 Å². The molecule has 0 bridgehead atoms. The van der Waals surface area contributed by atoms with Crippen LogP contribution in [0.25, 0.3) is 0 Å². The molecule has 2 rings (SSSR count). The Hall–Kier alpha value is -2.48. The number of carbonyl (C=O) groups excluding carboxylic acids is 1. The molecule has 3 nitrogen and oxygen atoms in total. The Labute approximate surface area is 140 Å². The number of hydrogen-bond acceptors (Lipinski definition) is 1. The number of anilines is 1. The van der Waals surface area contributed by atoms with Crippen LogP contribution in [-0.4, -0.2) is 11.9 Å². The highest BCUT2D eigenvalue weighted by molar-refractivity contribution is 5.93. The predicted octanol–water partition coefficient (Wildman–Crippen LogP) is 3.03. The number of halogens is 5.